The summed E-state index contributed by atoms with van der Waals surface area (Å²) in [5, 5.41) is 3.82. The molecule has 1 rings (SSSR count). The van der Waals surface area contributed by atoms with Gasteiger partial charge in [0.1, 0.15) is 0 Å². The van der Waals surface area contributed by atoms with E-state index in [1.807, 2.05) is 0 Å². The fraction of sp³-hybridized carbons (Fsp3) is 0.500. The van der Waals surface area contributed by atoms with Gasteiger partial charge in [0.25, 0.3) is 0 Å². The first-order valence-electron chi connectivity index (χ1n) is 3.59. The average molecular weight is 216 g/mol. The summed E-state index contributed by atoms with van der Waals surface area (Å²) >= 11 is 0. The van der Waals surface area contributed by atoms with Crippen LogP contribution in [0, 0.1) is 6.92 Å². The Labute approximate surface area is 117 Å². The van der Waals surface area contributed by atoms with E-state index in [0.29, 0.717) is 5.69 Å². The molecule has 0 bridgehead atoms. The van der Waals surface area contributed by atoms with Crippen molar-refractivity contribution >= 4 is 6.98 Å². The molecule has 0 radical (unpaired) electrons. The van der Waals surface area contributed by atoms with Crippen LogP contribution >= 0.6 is 0 Å². The Morgan fingerprint density at radius 1 is 1.46 bits per heavy atom. The molecule has 7 heteroatoms. The molecule has 0 N–H and O–H groups in total. The minimum Gasteiger partial charge on any atom is -0.449 e. The Morgan fingerprint density at radius 2 is 2.00 bits per heavy atom. The van der Waals surface area contributed by atoms with Crippen molar-refractivity contribution in [3.63, 3.8) is 0 Å². The Hall–Kier alpha value is 0.701. The molecule has 0 aliphatic heterocycles. The number of hydrogen-bond donors (Lipinski definition) is 0. The van der Waals surface area contributed by atoms with E-state index in [1.54, 1.807) is 6.92 Å². The fourth-order valence-corrected chi connectivity index (χ4v) is 1.09. The van der Waals surface area contributed by atoms with Crippen molar-refractivity contribution in [2.75, 3.05) is 0 Å². The van der Waals surface area contributed by atoms with E-state index in [1.165, 1.54) is 17.8 Å². The van der Waals surface area contributed by atoms with Gasteiger partial charge in [0.05, 0.1) is 5.69 Å². The summed E-state index contributed by atoms with van der Waals surface area (Å²) in [5.41, 5.74) is 0.840. The van der Waals surface area contributed by atoms with Crippen molar-refractivity contribution in [1.82, 2.24) is 9.78 Å². The third-order valence-corrected chi connectivity index (χ3v) is 1.54. The maximum Gasteiger partial charge on any atom is 1.00 e. The molecule has 0 saturated heterocycles. The predicted molar refractivity (Wildman–Crippen MR) is 40.7 cm³/mol. The SMILES string of the molecule is Cc1cc(C[B-](F)(F)F)n(C)n1.[K+]. The number of aromatic nitrogens is 2. The minimum atomic E-state index is -4.75. The van der Waals surface area contributed by atoms with Crippen molar-refractivity contribution in [3.8, 4) is 0 Å². The van der Waals surface area contributed by atoms with Gasteiger partial charge in [-0.25, -0.2) is 0 Å². The van der Waals surface area contributed by atoms with Crippen LogP contribution in [0.1, 0.15) is 11.4 Å². The van der Waals surface area contributed by atoms with Crippen molar-refractivity contribution in [3.05, 3.63) is 17.5 Å². The van der Waals surface area contributed by atoms with Gasteiger partial charge in [-0.3, -0.25) is 4.68 Å². The Balaban J connectivity index is 0.00000144. The van der Waals surface area contributed by atoms with Crippen LogP contribution in [-0.2, 0) is 13.4 Å². The van der Waals surface area contributed by atoms with E-state index >= 15 is 0 Å². The summed E-state index contributed by atoms with van der Waals surface area (Å²) in [7, 11) is 1.52. The smallest absolute Gasteiger partial charge is 0.449 e. The van der Waals surface area contributed by atoms with E-state index in [0.717, 1.165) is 0 Å². The Bertz CT molecular complexity index is 284. The molecular weight excluding hydrogens is 207 g/mol. The molecule has 2 nitrogen and oxygen atoms in total. The minimum absolute atomic E-state index is 0. The largest absolute Gasteiger partial charge is 1.00 e. The second-order valence-electron chi connectivity index (χ2n) is 2.82. The van der Waals surface area contributed by atoms with E-state index in [4.69, 9.17) is 0 Å². The quantitative estimate of drug-likeness (QED) is 0.559. The van der Waals surface area contributed by atoms with Crippen LogP contribution in [0.2, 0.25) is 0 Å². The second-order valence-corrected chi connectivity index (χ2v) is 2.82. The van der Waals surface area contributed by atoms with Crippen LogP contribution in [0.15, 0.2) is 6.07 Å². The molecule has 13 heavy (non-hydrogen) atoms. The standard InChI is InChI=1S/C6H9BF3N2.K/c1-5-3-6(12(2)11-5)4-7(8,9)10;/h3H,4H2,1-2H3;/q-1;+1. The van der Waals surface area contributed by atoms with Crippen molar-refractivity contribution < 1.29 is 64.3 Å². The molecule has 0 aromatic carbocycles. The molecule has 0 atom stereocenters. The van der Waals surface area contributed by atoms with Gasteiger partial charge in [0.15, 0.2) is 0 Å². The van der Waals surface area contributed by atoms with Gasteiger partial charge in [-0.15, -0.1) is 0 Å². The molecule has 0 aliphatic carbocycles. The third kappa shape index (κ3) is 4.64. The number of halogens is 3. The number of hydrogen-bond acceptors (Lipinski definition) is 1. The maximum atomic E-state index is 12.0. The maximum absolute atomic E-state index is 12.0. The molecule has 0 aliphatic rings. The summed E-state index contributed by atoms with van der Waals surface area (Å²) in [5.74, 6) is 0. The van der Waals surface area contributed by atoms with Gasteiger partial charge in [0, 0.05) is 12.7 Å². The molecule has 0 fully saturated rings. The molecule has 0 saturated carbocycles. The Kier molecular flexibility index (Phi) is 5.24. The first-order valence-corrected chi connectivity index (χ1v) is 3.59. The van der Waals surface area contributed by atoms with Crippen molar-refractivity contribution in [2.24, 2.45) is 7.05 Å². The van der Waals surface area contributed by atoms with E-state index in [-0.39, 0.29) is 57.1 Å². The van der Waals surface area contributed by atoms with Crippen molar-refractivity contribution in [2.45, 2.75) is 13.2 Å². The summed E-state index contributed by atoms with van der Waals surface area (Å²) in [6, 6.07) is 1.45. The molecule has 68 valence electrons. The molecule has 0 spiro atoms. The molecule has 1 aromatic heterocycles. The van der Waals surface area contributed by atoms with Crippen LogP contribution < -0.4 is 51.4 Å². The van der Waals surface area contributed by atoms with Crippen LogP contribution in [0.25, 0.3) is 0 Å². The zero-order chi connectivity index (χ0) is 9.35. The fourth-order valence-electron chi connectivity index (χ4n) is 1.09. The number of nitrogens with zero attached hydrogens (tertiary/aromatic N) is 2. The van der Waals surface area contributed by atoms with E-state index < -0.39 is 13.3 Å². The summed E-state index contributed by atoms with van der Waals surface area (Å²) < 4.78 is 37.1. The molecule has 1 aromatic rings. The van der Waals surface area contributed by atoms with Gasteiger partial charge in [0.2, 0.25) is 0 Å². The van der Waals surface area contributed by atoms with Gasteiger partial charge in [-0.05, 0) is 19.3 Å². The summed E-state index contributed by atoms with van der Waals surface area (Å²) in [4.78, 5) is 0. The first kappa shape index (κ1) is 13.7. The second kappa shape index (κ2) is 4.97. The van der Waals surface area contributed by atoms with Gasteiger partial charge in [-0.2, -0.15) is 5.10 Å². The summed E-state index contributed by atoms with van der Waals surface area (Å²) in [6.07, 6.45) is -0.850. The van der Waals surface area contributed by atoms with E-state index in [9.17, 15) is 12.9 Å². The van der Waals surface area contributed by atoms with Crippen molar-refractivity contribution in [1.29, 1.82) is 0 Å². The van der Waals surface area contributed by atoms with Crippen LogP contribution in [0.4, 0.5) is 12.9 Å². The third-order valence-electron chi connectivity index (χ3n) is 1.54. The number of rotatable bonds is 2. The zero-order valence-corrected chi connectivity index (χ0v) is 11.0. The predicted octanol–water partition coefficient (Wildman–Crippen LogP) is -1.34. The molecule has 0 unspecified atom stereocenters. The first-order chi connectivity index (χ1) is 5.38. The molecule has 1 heterocycles. The Morgan fingerprint density at radius 3 is 2.31 bits per heavy atom. The van der Waals surface area contributed by atoms with E-state index in [2.05, 4.69) is 5.10 Å². The normalized spacial score (nSPS) is 11.2. The van der Waals surface area contributed by atoms with Crippen LogP contribution in [0.3, 0.4) is 0 Å². The van der Waals surface area contributed by atoms with Gasteiger partial charge in [-0.1, -0.05) is 0 Å². The topological polar surface area (TPSA) is 17.8 Å². The van der Waals surface area contributed by atoms with Crippen LogP contribution in [0.5, 0.6) is 0 Å². The number of aryl methyl sites for hydroxylation is 2. The van der Waals surface area contributed by atoms with Crippen LogP contribution in [-0.4, -0.2) is 16.8 Å². The van der Waals surface area contributed by atoms with Gasteiger partial charge >= 0.3 is 58.4 Å². The molecule has 0 amide bonds. The van der Waals surface area contributed by atoms with Gasteiger partial charge < -0.3 is 12.9 Å². The monoisotopic (exact) mass is 216 g/mol. The average Bonchev–Trinajstić information content (AvgIpc) is 2.06. The zero-order valence-electron chi connectivity index (χ0n) is 7.89. The summed E-state index contributed by atoms with van der Waals surface area (Å²) in [6.45, 7) is -3.08. The molecular formula is C6H9BF3KN2.